The number of nitrogens with zero attached hydrogens (tertiary/aromatic N) is 3. The summed E-state index contributed by atoms with van der Waals surface area (Å²) >= 11 is 12.5. The summed E-state index contributed by atoms with van der Waals surface area (Å²) in [7, 11) is 0. The monoisotopic (exact) mass is 448 g/mol. The number of fused-ring (bicyclic) bond motifs is 1. The highest BCUT2D eigenvalue weighted by Gasteiger charge is 2.19. The molecule has 30 heavy (non-hydrogen) atoms. The molecule has 0 aliphatic carbocycles. The summed E-state index contributed by atoms with van der Waals surface area (Å²) in [5, 5.41) is 4.66. The molecule has 0 unspecified atom stereocenters. The van der Waals surface area contributed by atoms with Crippen molar-refractivity contribution in [1.82, 2.24) is 9.88 Å². The van der Waals surface area contributed by atoms with Gasteiger partial charge in [0.2, 0.25) is 5.88 Å². The van der Waals surface area contributed by atoms with E-state index in [9.17, 15) is 0 Å². The fourth-order valence-corrected chi connectivity index (χ4v) is 4.60. The number of pyridine rings is 1. The van der Waals surface area contributed by atoms with Gasteiger partial charge in [0.15, 0.2) is 0 Å². The number of hydrogen-bond donors (Lipinski definition) is 1. The molecule has 162 valence electrons. The van der Waals surface area contributed by atoms with Crippen LogP contribution in [0.3, 0.4) is 0 Å². The molecule has 0 radical (unpaired) electrons. The first-order valence-electron chi connectivity index (χ1n) is 10.9. The van der Waals surface area contributed by atoms with Crippen LogP contribution >= 0.6 is 23.2 Å². The van der Waals surface area contributed by atoms with Gasteiger partial charge < -0.3 is 15.0 Å². The Morgan fingerprint density at radius 2 is 1.97 bits per heavy atom. The smallest absolute Gasteiger partial charge is 0.218 e. The fourth-order valence-electron chi connectivity index (χ4n) is 4.18. The Balaban J connectivity index is 1.17. The molecule has 4 rings (SSSR count). The van der Waals surface area contributed by atoms with Crippen molar-refractivity contribution in [3.05, 3.63) is 45.4 Å². The molecule has 2 aliphatic rings. The molecule has 0 saturated carbocycles. The number of piperazine rings is 1. The zero-order chi connectivity index (χ0) is 20.9. The quantitative estimate of drug-likeness (QED) is 0.600. The third kappa shape index (κ3) is 5.13. The number of unbranched alkanes of at least 4 members (excludes halogenated alkanes) is 1. The van der Waals surface area contributed by atoms with Crippen LogP contribution in [0, 0.1) is 6.92 Å². The van der Waals surface area contributed by atoms with Gasteiger partial charge in [-0.15, -0.1) is 0 Å². The van der Waals surface area contributed by atoms with Gasteiger partial charge in [-0.25, -0.2) is 0 Å². The van der Waals surface area contributed by atoms with E-state index in [1.165, 1.54) is 12.0 Å². The number of ether oxygens (including phenoxy) is 1. The number of halogens is 2. The number of benzene rings is 1. The summed E-state index contributed by atoms with van der Waals surface area (Å²) in [5.74, 6) is 1.77. The standard InChI is InChI=1S/C23H30Cl2N4O/c1-17-16-18-6-5-9-26-22(18)27-23(17)30-15-3-2-10-28-11-13-29(14-12-28)20-8-4-7-19(24)21(20)25/h4,7-8,16H,2-3,5-6,9-15H2,1H3,(H,26,27). The predicted octanol–water partition coefficient (Wildman–Crippen LogP) is 5.04. The summed E-state index contributed by atoms with van der Waals surface area (Å²) < 4.78 is 5.99. The minimum absolute atomic E-state index is 0.621. The number of aromatic nitrogens is 1. The first-order chi connectivity index (χ1) is 14.6. The molecule has 7 heteroatoms. The largest absolute Gasteiger partial charge is 0.477 e. The van der Waals surface area contributed by atoms with Crippen LogP contribution in [0.2, 0.25) is 10.0 Å². The molecule has 1 fully saturated rings. The summed E-state index contributed by atoms with van der Waals surface area (Å²) in [6.07, 6.45) is 4.44. The van der Waals surface area contributed by atoms with Crippen LogP contribution in [-0.4, -0.2) is 55.8 Å². The fraction of sp³-hybridized carbons (Fsp3) is 0.522. The van der Waals surface area contributed by atoms with Crippen molar-refractivity contribution >= 4 is 34.7 Å². The second-order valence-corrected chi connectivity index (χ2v) is 8.89. The Labute approximate surface area is 189 Å². The molecule has 2 aromatic rings. The third-order valence-corrected chi connectivity index (χ3v) is 6.72. The lowest BCUT2D eigenvalue weighted by molar-refractivity contribution is 0.236. The third-order valence-electron chi connectivity index (χ3n) is 5.91. The lowest BCUT2D eigenvalue weighted by atomic mass is 10.1. The lowest BCUT2D eigenvalue weighted by Gasteiger charge is -2.36. The maximum absolute atomic E-state index is 6.37. The van der Waals surface area contributed by atoms with Gasteiger partial charge in [-0.3, -0.25) is 4.90 Å². The van der Waals surface area contributed by atoms with E-state index in [4.69, 9.17) is 27.9 Å². The Morgan fingerprint density at radius 3 is 2.80 bits per heavy atom. The van der Waals surface area contributed by atoms with Crippen LogP contribution in [0.25, 0.3) is 0 Å². The first-order valence-corrected chi connectivity index (χ1v) is 11.7. The Kier molecular flexibility index (Phi) is 7.24. The number of aryl methyl sites for hydroxylation is 2. The van der Waals surface area contributed by atoms with E-state index in [-0.39, 0.29) is 0 Å². The predicted molar refractivity (Wildman–Crippen MR) is 126 cm³/mol. The van der Waals surface area contributed by atoms with Gasteiger partial charge >= 0.3 is 0 Å². The van der Waals surface area contributed by atoms with Gasteiger partial charge in [0.1, 0.15) is 5.82 Å². The molecule has 3 heterocycles. The highest BCUT2D eigenvalue weighted by Crippen LogP contribution is 2.33. The Bertz CT molecular complexity index is 869. The van der Waals surface area contributed by atoms with Crippen molar-refractivity contribution in [2.24, 2.45) is 0 Å². The van der Waals surface area contributed by atoms with Crippen molar-refractivity contribution in [1.29, 1.82) is 0 Å². The van der Waals surface area contributed by atoms with Gasteiger partial charge in [-0.2, -0.15) is 4.98 Å². The molecule has 5 nitrogen and oxygen atoms in total. The van der Waals surface area contributed by atoms with Crippen molar-refractivity contribution in [2.45, 2.75) is 32.6 Å². The van der Waals surface area contributed by atoms with Gasteiger partial charge in [0.25, 0.3) is 0 Å². The average molecular weight is 449 g/mol. The summed E-state index contributed by atoms with van der Waals surface area (Å²) in [6.45, 7) is 8.93. The number of rotatable bonds is 7. The van der Waals surface area contributed by atoms with Crippen LogP contribution < -0.4 is 15.0 Å². The van der Waals surface area contributed by atoms with Crippen molar-refractivity contribution in [3.8, 4) is 5.88 Å². The van der Waals surface area contributed by atoms with Crippen LogP contribution in [0.5, 0.6) is 5.88 Å². The highest BCUT2D eigenvalue weighted by atomic mass is 35.5. The molecule has 0 spiro atoms. The normalized spacial score (nSPS) is 16.8. The molecule has 1 aromatic heterocycles. The van der Waals surface area contributed by atoms with Crippen LogP contribution in [0.1, 0.15) is 30.4 Å². The maximum Gasteiger partial charge on any atom is 0.218 e. The van der Waals surface area contributed by atoms with E-state index in [1.54, 1.807) is 0 Å². The second kappa shape index (κ2) is 10.1. The lowest BCUT2D eigenvalue weighted by Crippen LogP contribution is -2.46. The molecule has 0 amide bonds. The van der Waals surface area contributed by atoms with E-state index in [0.717, 1.165) is 81.5 Å². The minimum Gasteiger partial charge on any atom is -0.477 e. The zero-order valence-electron chi connectivity index (χ0n) is 17.6. The molecular formula is C23H30Cl2N4O. The Hall–Kier alpha value is -1.69. The first kappa shape index (κ1) is 21.5. The SMILES string of the molecule is Cc1cc2c(nc1OCCCCN1CCN(c3cccc(Cl)c3Cl)CC1)NCCC2. The van der Waals surface area contributed by atoms with Crippen molar-refractivity contribution in [3.63, 3.8) is 0 Å². The molecule has 0 atom stereocenters. The van der Waals surface area contributed by atoms with Gasteiger partial charge in [-0.05, 0) is 62.9 Å². The summed E-state index contributed by atoms with van der Waals surface area (Å²) in [6, 6.07) is 8.07. The van der Waals surface area contributed by atoms with Crippen molar-refractivity contribution < 1.29 is 4.74 Å². The zero-order valence-corrected chi connectivity index (χ0v) is 19.1. The maximum atomic E-state index is 6.37. The summed E-state index contributed by atoms with van der Waals surface area (Å²) in [4.78, 5) is 9.52. The van der Waals surface area contributed by atoms with Crippen molar-refractivity contribution in [2.75, 3.05) is 56.1 Å². The number of hydrogen-bond acceptors (Lipinski definition) is 5. The molecule has 1 saturated heterocycles. The van der Waals surface area contributed by atoms with Crippen LogP contribution in [0.15, 0.2) is 24.3 Å². The summed E-state index contributed by atoms with van der Waals surface area (Å²) in [5.41, 5.74) is 3.48. The van der Waals surface area contributed by atoms with E-state index in [2.05, 4.69) is 33.1 Å². The van der Waals surface area contributed by atoms with Gasteiger partial charge in [-0.1, -0.05) is 29.3 Å². The number of anilines is 2. The topological polar surface area (TPSA) is 40.6 Å². The van der Waals surface area contributed by atoms with E-state index in [1.807, 2.05) is 18.2 Å². The van der Waals surface area contributed by atoms with Gasteiger partial charge in [0.05, 0.1) is 22.3 Å². The van der Waals surface area contributed by atoms with E-state index < -0.39 is 0 Å². The molecule has 2 aliphatic heterocycles. The van der Waals surface area contributed by atoms with Crippen LogP contribution in [0.4, 0.5) is 11.5 Å². The molecule has 1 N–H and O–H groups in total. The minimum atomic E-state index is 0.621. The average Bonchev–Trinajstić information content (AvgIpc) is 2.76. The molecule has 1 aromatic carbocycles. The van der Waals surface area contributed by atoms with E-state index >= 15 is 0 Å². The number of nitrogens with one attached hydrogen (secondary N) is 1. The molecule has 0 bridgehead atoms. The highest BCUT2D eigenvalue weighted by molar-refractivity contribution is 6.43. The molecular weight excluding hydrogens is 419 g/mol. The van der Waals surface area contributed by atoms with Gasteiger partial charge in [0, 0.05) is 38.3 Å². The van der Waals surface area contributed by atoms with E-state index in [0.29, 0.717) is 16.7 Å². The Morgan fingerprint density at radius 1 is 1.13 bits per heavy atom. The second-order valence-electron chi connectivity index (χ2n) is 8.11. The van der Waals surface area contributed by atoms with Crippen LogP contribution in [-0.2, 0) is 6.42 Å².